The maximum absolute atomic E-state index is 13.5. The van der Waals surface area contributed by atoms with Gasteiger partial charge in [-0.05, 0) is 36.8 Å². The molecule has 0 aromatic heterocycles. The minimum atomic E-state index is -0.532. The highest BCUT2D eigenvalue weighted by Crippen LogP contribution is 2.20. The molecule has 1 N–H and O–H groups in total. The van der Waals surface area contributed by atoms with E-state index in [0.29, 0.717) is 0 Å². The van der Waals surface area contributed by atoms with E-state index in [1.165, 1.54) is 18.2 Å². The molecule has 2 rings (SSSR count). The molecule has 0 bridgehead atoms. The van der Waals surface area contributed by atoms with Gasteiger partial charge in [0.05, 0.1) is 7.11 Å². The van der Waals surface area contributed by atoms with Crippen molar-refractivity contribution in [1.82, 2.24) is 5.32 Å². The molecule has 0 aliphatic carbocycles. The molecule has 0 saturated carbocycles. The number of hydrogen-bond acceptors (Lipinski definition) is 2. The van der Waals surface area contributed by atoms with Crippen molar-refractivity contribution in [2.24, 2.45) is 0 Å². The quantitative estimate of drug-likeness (QED) is 0.897. The number of hydrogen-bond donors (Lipinski definition) is 1. The third kappa shape index (κ3) is 3.33. The third-order valence-corrected chi connectivity index (χ3v) is 3.24. The molecule has 2 aromatic carbocycles. The van der Waals surface area contributed by atoms with E-state index in [0.717, 1.165) is 11.3 Å². The van der Waals surface area contributed by atoms with Gasteiger partial charge in [-0.2, -0.15) is 0 Å². The first-order valence-corrected chi connectivity index (χ1v) is 6.42. The maximum atomic E-state index is 13.5. The second-order valence-corrected chi connectivity index (χ2v) is 4.58. The molecule has 0 fully saturated rings. The number of rotatable bonds is 5. The number of nitrogens with one attached hydrogen (secondary N) is 1. The van der Waals surface area contributed by atoms with Gasteiger partial charge in [0, 0.05) is 18.2 Å². The van der Waals surface area contributed by atoms with Crippen LogP contribution in [0.5, 0.6) is 5.75 Å². The lowest BCUT2D eigenvalue weighted by molar-refractivity contribution is 0.413. The summed E-state index contributed by atoms with van der Waals surface area (Å²) in [6.07, 6.45) is 0. The molecule has 0 aliphatic rings. The molecule has 2 aromatic rings. The molecule has 0 unspecified atom stereocenters. The second-order valence-electron chi connectivity index (χ2n) is 4.58. The van der Waals surface area contributed by atoms with Crippen LogP contribution in [0.2, 0.25) is 0 Å². The van der Waals surface area contributed by atoms with Crippen LogP contribution in [-0.4, -0.2) is 7.11 Å². The fraction of sp³-hybridized carbons (Fsp3) is 0.250. The van der Waals surface area contributed by atoms with Crippen LogP contribution < -0.4 is 10.1 Å². The van der Waals surface area contributed by atoms with Crippen molar-refractivity contribution in [2.45, 2.75) is 19.5 Å². The summed E-state index contributed by atoms with van der Waals surface area (Å²) in [6, 6.07) is 11.4. The lowest BCUT2D eigenvalue weighted by Crippen LogP contribution is -2.19. The Labute approximate surface area is 117 Å². The van der Waals surface area contributed by atoms with E-state index in [4.69, 9.17) is 4.74 Å². The summed E-state index contributed by atoms with van der Waals surface area (Å²) in [5.41, 5.74) is 1.06. The predicted octanol–water partition coefficient (Wildman–Crippen LogP) is 3.82. The monoisotopic (exact) mass is 277 g/mol. The van der Waals surface area contributed by atoms with E-state index in [1.54, 1.807) is 7.11 Å². The largest absolute Gasteiger partial charge is 0.497 e. The average Bonchev–Trinajstić information content (AvgIpc) is 2.46. The van der Waals surface area contributed by atoms with E-state index >= 15 is 0 Å². The number of benzene rings is 2. The molecule has 106 valence electrons. The first-order valence-electron chi connectivity index (χ1n) is 6.42. The van der Waals surface area contributed by atoms with Crippen LogP contribution >= 0.6 is 0 Å². The Balaban J connectivity index is 2.06. The summed E-state index contributed by atoms with van der Waals surface area (Å²) >= 11 is 0. The van der Waals surface area contributed by atoms with Gasteiger partial charge in [-0.15, -0.1) is 0 Å². The van der Waals surface area contributed by atoms with Crippen LogP contribution in [0.3, 0.4) is 0 Å². The number of ether oxygens (including phenoxy) is 1. The van der Waals surface area contributed by atoms with Crippen molar-refractivity contribution in [3.63, 3.8) is 0 Å². The van der Waals surface area contributed by atoms with Gasteiger partial charge in [0.25, 0.3) is 0 Å². The lowest BCUT2D eigenvalue weighted by atomic mass is 10.1. The summed E-state index contributed by atoms with van der Waals surface area (Å²) in [7, 11) is 1.60. The van der Waals surface area contributed by atoms with E-state index in [9.17, 15) is 8.78 Å². The Bertz CT molecular complexity index is 566. The van der Waals surface area contributed by atoms with Crippen LogP contribution in [0.25, 0.3) is 0 Å². The Morgan fingerprint density at radius 3 is 2.40 bits per heavy atom. The maximum Gasteiger partial charge on any atom is 0.130 e. The molecule has 0 saturated heterocycles. The third-order valence-electron chi connectivity index (χ3n) is 3.24. The fourth-order valence-electron chi connectivity index (χ4n) is 1.99. The van der Waals surface area contributed by atoms with Gasteiger partial charge in [-0.25, -0.2) is 8.78 Å². The van der Waals surface area contributed by atoms with Crippen molar-refractivity contribution in [3.8, 4) is 5.75 Å². The predicted molar refractivity (Wildman–Crippen MR) is 74.6 cm³/mol. The summed E-state index contributed by atoms with van der Waals surface area (Å²) < 4.78 is 32.2. The minimum Gasteiger partial charge on any atom is -0.497 e. The SMILES string of the molecule is COc1cccc([C@@H](C)NCc2c(F)cccc2F)c1. The first kappa shape index (κ1) is 14.5. The lowest BCUT2D eigenvalue weighted by Gasteiger charge is -2.15. The van der Waals surface area contributed by atoms with Crippen molar-refractivity contribution in [3.05, 3.63) is 65.2 Å². The Morgan fingerprint density at radius 2 is 1.75 bits per heavy atom. The zero-order valence-electron chi connectivity index (χ0n) is 11.5. The molecule has 1 atom stereocenters. The van der Waals surface area contributed by atoms with Crippen LogP contribution in [0.1, 0.15) is 24.1 Å². The smallest absolute Gasteiger partial charge is 0.130 e. The molecule has 0 heterocycles. The van der Waals surface area contributed by atoms with Gasteiger partial charge in [0.15, 0.2) is 0 Å². The van der Waals surface area contributed by atoms with Gasteiger partial charge < -0.3 is 10.1 Å². The fourth-order valence-corrected chi connectivity index (χ4v) is 1.99. The molecule has 0 spiro atoms. The summed E-state index contributed by atoms with van der Waals surface area (Å²) in [4.78, 5) is 0. The first-order chi connectivity index (χ1) is 9.61. The van der Waals surface area contributed by atoms with Crippen molar-refractivity contribution in [1.29, 1.82) is 0 Å². The molecule has 0 amide bonds. The van der Waals surface area contributed by atoms with Gasteiger partial charge in [-0.3, -0.25) is 0 Å². The van der Waals surface area contributed by atoms with Crippen LogP contribution in [0.4, 0.5) is 8.78 Å². The normalized spacial score (nSPS) is 12.2. The average molecular weight is 277 g/mol. The Kier molecular flexibility index (Phi) is 4.69. The van der Waals surface area contributed by atoms with Crippen LogP contribution in [-0.2, 0) is 6.54 Å². The number of methoxy groups -OCH3 is 1. The topological polar surface area (TPSA) is 21.3 Å². The molecule has 0 radical (unpaired) electrons. The molecule has 2 nitrogen and oxygen atoms in total. The van der Waals surface area contributed by atoms with E-state index < -0.39 is 11.6 Å². The molecular weight excluding hydrogens is 260 g/mol. The second kappa shape index (κ2) is 6.48. The van der Waals surface area contributed by atoms with Crippen molar-refractivity contribution in [2.75, 3.05) is 7.11 Å². The summed E-state index contributed by atoms with van der Waals surface area (Å²) in [5.74, 6) is -0.307. The van der Waals surface area contributed by atoms with E-state index in [1.807, 2.05) is 31.2 Å². The van der Waals surface area contributed by atoms with Crippen molar-refractivity contribution >= 4 is 0 Å². The molecule has 4 heteroatoms. The van der Waals surface area contributed by atoms with Crippen LogP contribution in [0.15, 0.2) is 42.5 Å². The highest BCUT2D eigenvalue weighted by Gasteiger charge is 2.11. The highest BCUT2D eigenvalue weighted by atomic mass is 19.1. The van der Waals surface area contributed by atoms with Gasteiger partial charge in [-0.1, -0.05) is 18.2 Å². The standard InChI is InChI=1S/C16H17F2NO/c1-11(12-5-3-6-13(9-12)20-2)19-10-14-15(17)7-4-8-16(14)18/h3-9,11,19H,10H2,1-2H3/t11-/m1/s1. The van der Waals surface area contributed by atoms with Gasteiger partial charge in [0.1, 0.15) is 17.4 Å². The van der Waals surface area contributed by atoms with Crippen LogP contribution in [0, 0.1) is 11.6 Å². The zero-order valence-corrected chi connectivity index (χ0v) is 11.5. The van der Waals surface area contributed by atoms with Crippen molar-refractivity contribution < 1.29 is 13.5 Å². The minimum absolute atomic E-state index is 0.0379. The Morgan fingerprint density at radius 1 is 1.10 bits per heavy atom. The number of halogens is 2. The molecule has 0 aliphatic heterocycles. The van der Waals surface area contributed by atoms with Gasteiger partial charge >= 0.3 is 0 Å². The molecular formula is C16H17F2NO. The van der Waals surface area contributed by atoms with Gasteiger partial charge in [0.2, 0.25) is 0 Å². The zero-order chi connectivity index (χ0) is 14.5. The van der Waals surface area contributed by atoms with E-state index in [-0.39, 0.29) is 18.2 Å². The highest BCUT2D eigenvalue weighted by molar-refractivity contribution is 5.30. The summed E-state index contributed by atoms with van der Waals surface area (Å²) in [5, 5.41) is 3.11. The summed E-state index contributed by atoms with van der Waals surface area (Å²) in [6.45, 7) is 2.07. The Hall–Kier alpha value is -1.94. The molecule has 20 heavy (non-hydrogen) atoms. The van der Waals surface area contributed by atoms with E-state index in [2.05, 4.69) is 5.32 Å².